The lowest BCUT2D eigenvalue weighted by atomic mass is 10.0. The Labute approximate surface area is 160 Å². The highest BCUT2D eigenvalue weighted by Gasteiger charge is 2.07. The van der Waals surface area contributed by atoms with E-state index in [1.54, 1.807) is 7.05 Å². The van der Waals surface area contributed by atoms with Gasteiger partial charge in [-0.3, -0.25) is 9.20 Å². The zero-order chi connectivity index (χ0) is 16.4. The summed E-state index contributed by atoms with van der Waals surface area (Å²) in [5.41, 5.74) is 0. The molecule has 0 aliphatic carbocycles. The summed E-state index contributed by atoms with van der Waals surface area (Å²) >= 11 is 0. The van der Waals surface area contributed by atoms with Gasteiger partial charge in [-0.25, -0.2) is 0 Å². The van der Waals surface area contributed by atoms with Crippen molar-refractivity contribution in [1.29, 1.82) is 0 Å². The molecule has 2 N–H and O–H groups in total. The van der Waals surface area contributed by atoms with Gasteiger partial charge in [0.15, 0.2) is 5.96 Å². The summed E-state index contributed by atoms with van der Waals surface area (Å²) in [5.74, 6) is 2.07. The zero-order valence-corrected chi connectivity index (χ0v) is 17.7. The molecule has 1 aromatic carbocycles. The summed E-state index contributed by atoms with van der Waals surface area (Å²) < 4.78 is 12.1. The van der Waals surface area contributed by atoms with Crippen molar-refractivity contribution in [2.75, 3.05) is 19.3 Å². The smallest absolute Gasteiger partial charge is 0.191 e. The molecule has 2 unspecified atom stereocenters. The molecule has 0 fully saturated rings. The Balaban J connectivity index is 0.00000484. The van der Waals surface area contributed by atoms with Gasteiger partial charge in [-0.2, -0.15) is 0 Å². The number of nitrogens with one attached hydrogen (secondary N) is 2. The van der Waals surface area contributed by atoms with E-state index in [2.05, 4.69) is 36.4 Å². The fourth-order valence-electron chi connectivity index (χ4n) is 2.04. The number of benzene rings is 1. The van der Waals surface area contributed by atoms with Gasteiger partial charge in [-0.1, -0.05) is 32.0 Å². The van der Waals surface area contributed by atoms with E-state index in [4.69, 9.17) is 0 Å². The maximum absolute atomic E-state index is 12.1. The van der Waals surface area contributed by atoms with Crippen LogP contribution in [0.25, 0.3) is 0 Å². The average molecular weight is 451 g/mol. The minimum atomic E-state index is -0.969. The van der Waals surface area contributed by atoms with Crippen molar-refractivity contribution in [2.24, 2.45) is 10.9 Å². The number of halogens is 1. The van der Waals surface area contributed by atoms with E-state index in [-0.39, 0.29) is 24.0 Å². The van der Waals surface area contributed by atoms with Crippen LogP contribution in [0.1, 0.15) is 33.6 Å². The van der Waals surface area contributed by atoms with Crippen LogP contribution in [0, 0.1) is 5.92 Å². The first-order chi connectivity index (χ1) is 10.5. The van der Waals surface area contributed by atoms with Crippen LogP contribution >= 0.6 is 24.0 Å². The highest BCUT2D eigenvalue weighted by molar-refractivity contribution is 14.0. The van der Waals surface area contributed by atoms with Crippen LogP contribution in [0.5, 0.6) is 0 Å². The Morgan fingerprint density at radius 3 is 2.39 bits per heavy atom. The predicted molar refractivity (Wildman–Crippen MR) is 111 cm³/mol. The molecular weight excluding hydrogens is 421 g/mol. The lowest BCUT2D eigenvalue weighted by molar-refractivity contribution is 0.489. The van der Waals surface area contributed by atoms with Crippen molar-refractivity contribution in [3.8, 4) is 0 Å². The molecule has 0 radical (unpaired) electrons. The van der Waals surface area contributed by atoms with E-state index in [9.17, 15) is 4.21 Å². The first-order valence-electron chi connectivity index (χ1n) is 7.93. The Morgan fingerprint density at radius 1 is 1.17 bits per heavy atom. The molecular formula is C17H30IN3OS. The first-order valence-corrected chi connectivity index (χ1v) is 9.25. The molecule has 0 bridgehead atoms. The van der Waals surface area contributed by atoms with Gasteiger partial charge < -0.3 is 10.6 Å². The largest absolute Gasteiger partial charge is 0.355 e. The maximum atomic E-state index is 12.1. The standard InChI is InChI=1S/C17H29N3OS.HI/c1-14(2)10-11-15(3)20-17(18-4)19-12-13-22(21)16-8-6-5-7-9-16;/h5-9,14-15H,10-13H2,1-4H3,(H2,18,19,20);1H. The molecule has 0 spiro atoms. The van der Waals surface area contributed by atoms with Gasteiger partial charge in [0.1, 0.15) is 0 Å². The van der Waals surface area contributed by atoms with Crippen molar-refractivity contribution in [3.63, 3.8) is 0 Å². The summed E-state index contributed by atoms with van der Waals surface area (Å²) in [6, 6.07) is 9.94. The second-order valence-electron chi connectivity index (χ2n) is 5.88. The monoisotopic (exact) mass is 451 g/mol. The van der Waals surface area contributed by atoms with E-state index < -0.39 is 10.8 Å². The van der Waals surface area contributed by atoms with Crippen molar-refractivity contribution in [1.82, 2.24) is 10.6 Å². The molecule has 6 heteroatoms. The first kappa shape index (κ1) is 22.4. The molecule has 0 amide bonds. The van der Waals surface area contributed by atoms with Gasteiger partial charge in [-0.05, 0) is 37.8 Å². The highest BCUT2D eigenvalue weighted by atomic mass is 127. The molecule has 2 atom stereocenters. The molecule has 1 rings (SSSR count). The summed E-state index contributed by atoms with van der Waals surface area (Å²) in [5, 5.41) is 6.61. The van der Waals surface area contributed by atoms with E-state index in [1.165, 1.54) is 6.42 Å². The molecule has 1 aromatic rings. The number of hydrogen-bond donors (Lipinski definition) is 2. The topological polar surface area (TPSA) is 53.5 Å². The lowest BCUT2D eigenvalue weighted by Gasteiger charge is -2.18. The molecule has 0 heterocycles. The number of hydrogen-bond acceptors (Lipinski definition) is 2. The summed E-state index contributed by atoms with van der Waals surface area (Å²) in [7, 11) is 0.793. The van der Waals surface area contributed by atoms with Crippen molar-refractivity contribution < 1.29 is 4.21 Å². The average Bonchev–Trinajstić information content (AvgIpc) is 2.52. The van der Waals surface area contributed by atoms with Crippen LogP contribution in [0.15, 0.2) is 40.2 Å². The van der Waals surface area contributed by atoms with Crippen LogP contribution in [-0.4, -0.2) is 35.6 Å². The highest BCUT2D eigenvalue weighted by Crippen LogP contribution is 2.06. The van der Waals surface area contributed by atoms with E-state index in [1.807, 2.05) is 30.3 Å². The van der Waals surface area contributed by atoms with E-state index in [0.29, 0.717) is 24.3 Å². The molecule has 23 heavy (non-hydrogen) atoms. The SMILES string of the molecule is CN=C(NCCS(=O)c1ccccc1)NC(C)CCC(C)C.I. The summed E-state index contributed by atoms with van der Waals surface area (Å²) in [6.45, 7) is 7.27. The normalized spacial score (nSPS) is 14.0. The Hall–Kier alpha value is -0.630. The van der Waals surface area contributed by atoms with Crippen molar-refractivity contribution in [3.05, 3.63) is 30.3 Å². The second-order valence-corrected chi connectivity index (χ2v) is 7.45. The Bertz CT molecular complexity index is 480. The van der Waals surface area contributed by atoms with Crippen LogP contribution in [0.2, 0.25) is 0 Å². The summed E-state index contributed by atoms with van der Waals surface area (Å²) in [6.07, 6.45) is 2.32. The van der Waals surface area contributed by atoms with Gasteiger partial charge >= 0.3 is 0 Å². The van der Waals surface area contributed by atoms with Crippen LogP contribution in [0.3, 0.4) is 0 Å². The second kappa shape index (κ2) is 12.8. The van der Waals surface area contributed by atoms with Crippen LogP contribution < -0.4 is 10.6 Å². The minimum Gasteiger partial charge on any atom is -0.355 e. The third kappa shape index (κ3) is 9.96. The van der Waals surface area contributed by atoms with Crippen molar-refractivity contribution >= 4 is 40.7 Å². The fourth-order valence-corrected chi connectivity index (χ4v) is 3.02. The quantitative estimate of drug-likeness (QED) is 0.362. The number of aliphatic imine (C=N–C) groups is 1. The van der Waals surface area contributed by atoms with Gasteiger partial charge in [0.05, 0.1) is 10.8 Å². The molecule has 4 nitrogen and oxygen atoms in total. The Kier molecular flexibility index (Phi) is 12.4. The number of guanidine groups is 1. The van der Waals surface area contributed by atoms with Gasteiger partial charge in [0, 0.05) is 30.3 Å². The van der Waals surface area contributed by atoms with Gasteiger partial charge in [-0.15, -0.1) is 24.0 Å². The molecule has 0 aliphatic rings. The zero-order valence-electron chi connectivity index (χ0n) is 14.5. The van der Waals surface area contributed by atoms with Gasteiger partial charge in [0.2, 0.25) is 0 Å². The molecule has 0 aliphatic heterocycles. The van der Waals surface area contributed by atoms with Gasteiger partial charge in [0.25, 0.3) is 0 Å². The molecule has 0 saturated heterocycles. The third-order valence-electron chi connectivity index (χ3n) is 3.37. The van der Waals surface area contributed by atoms with E-state index >= 15 is 0 Å². The van der Waals surface area contributed by atoms with Crippen LogP contribution in [-0.2, 0) is 10.8 Å². The van der Waals surface area contributed by atoms with E-state index in [0.717, 1.165) is 17.3 Å². The summed E-state index contributed by atoms with van der Waals surface area (Å²) in [4.78, 5) is 5.09. The lowest BCUT2D eigenvalue weighted by Crippen LogP contribution is -2.43. The molecule has 0 aromatic heterocycles. The third-order valence-corrected chi connectivity index (χ3v) is 4.74. The minimum absolute atomic E-state index is 0. The van der Waals surface area contributed by atoms with Crippen molar-refractivity contribution in [2.45, 2.75) is 44.6 Å². The number of rotatable bonds is 8. The number of nitrogens with zero attached hydrogens (tertiary/aromatic N) is 1. The molecule has 132 valence electrons. The fraction of sp³-hybridized carbons (Fsp3) is 0.588. The Morgan fingerprint density at radius 2 is 1.83 bits per heavy atom. The van der Waals surface area contributed by atoms with Crippen LogP contribution in [0.4, 0.5) is 0 Å². The maximum Gasteiger partial charge on any atom is 0.191 e. The predicted octanol–water partition coefficient (Wildman–Crippen LogP) is 3.40. The molecule has 0 saturated carbocycles.